The highest BCUT2D eigenvalue weighted by Gasteiger charge is 2.31. The monoisotopic (exact) mass is 314 g/mol. The lowest BCUT2D eigenvalue weighted by atomic mass is 10.0. The molecule has 0 atom stereocenters. The van der Waals surface area contributed by atoms with Crippen molar-refractivity contribution < 1.29 is 19.6 Å². The molecule has 0 aromatic heterocycles. The van der Waals surface area contributed by atoms with Crippen LogP contribution in [-0.2, 0) is 4.79 Å². The zero-order valence-electron chi connectivity index (χ0n) is 11.8. The first-order chi connectivity index (χ1) is 9.54. The van der Waals surface area contributed by atoms with Crippen LogP contribution in [0.1, 0.15) is 31.1 Å². The van der Waals surface area contributed by atoms with Gasteiger partial charge < -0.3 is 10.0 Å². The normalized spacial score (nSPS) is 11.0. The van der Waals surface area contributed by atoms with Gasteiger partial charge in [-0.25, -0.2) is 0 Å². The third-order valence-electron chi connectivity index (χ3n) is 2.74. The minimum Gasteiger partial charge on any atom is -0.480 e. The Labute approximate surface area is 126 Å². The molecule has 0 unspecified atom stereocenters. The van der Waals surface area contributed by atoms with Gasteiger partial charge >= 0.3 is 5.97 Å². The van der Waals surface area contributed by atoms with E-state index in [1.807, 2.05) is 0 Å². The number of hydrogen-bond acceptors (Lipinski definition) is 4. The zero-order valence-corrected chi connectivity index (χ0v) is 12.5. The van der Waals surface area contributed by atoms with Gasteiger partial charge in [-0.1, -0.05) is 11.6 Å². The number of rotatable bonds is 4. The summed E-state index contributed by atoms with van der Waals surface area (Å²) in [6.45, 7) is 4.47. The molecule has 114 valence electrons. The topological polar surface area (TPSA) is 101 Å². The third-order valence-corrected chi connectivity index (χ3v) is 3.07. The Bertz CT molecular complexity index is 595. The summed E-state index contributed by atoms with van der Waals surface area (Å²) in [4.78, 5) is 34.6. The maximum absolute atomic E-state index is 12.5. The summed E-state index contributed by atoms with van der Waals surface area (Å²) >= 11 is 5.91. The van der Waals surface area contributed by atoms with Crippen LogP contribution in [0.25, 0.3) is 0 Å². The Hall–Kier alpha value is -2.15. The highest BCUT2D eigenvalue weighted by molar-refractivity contribution is 6.34. The fourth-order valence-electron chi connectivity index (χ4n) is 1.68. The van der Waals surface area contributed by atoms with Crippen molar-refractivity contribution in [1.29, 1.82) is 0 Å². The summed E-state index contributed by atoms with van der Waals surface area (Å²) < 4.78 is 0. The molecule has 21 heavy (non-hydrogen) atoms. The van der Waals surface area contributed by atoms with Gasteiger partial charge in [0.05, 0.1) is 15.5 Å². The lowest BCUT2D eigenvalue weighted by molar-refractivity contribution is -0.384. The lowest BCUT2D eigenvalue weighted by Crippen LogP contribution is -2.48. The number of nitro benzene ring substituents is 1. The van der Waals surface area contributed by atoms with Crippen molar-refractivity contribution in [3.63, 3.8) is 0 Å². The summed E-state index contributed by atoms with van der Waals surface area (Å²) in [6, 6.07) is 3.47. The summed E-state index contributed by atoms with van der Waals surface area (Å²) in [5.74, 6) is -1.85. The number of nitrogens with zero attached hydrogens (tertiary/aromatic N) is 2. The zero-order chi connectivity index (χ0) is 16.4. The van der Waals surface area contributed by atoms with Crippen molar-refractivity contribution in [2.45, 2.75) is 26.3 Å². The Morgan fingerprint density at radius 3 is 2.38 bits per heavy atom. The van der Waals surface area contributed by atoms with E-state index in [1.54, 1.807) is 20.8 Å². The lowest BCUT2D eigenvalue weighted by Gasteiger charge is -2.34. The molecule has 0 aliphatic heterocycles. The van der Waals surface area contributed by atoms with E-state index < -0.39 is 28.9 Å². The van der Waals surface area contributed by atoms with Crippen molar-refractivity contribution in [2.24, 2.45) is 0 Å². The summed E-state index contributed by atoms with van der Waals surface area (Å²) in [7, 11) is 0. The van der Waals surface area contributed by atoms with Crippen molar-refractivity contribution >= 4 is 29.2 Å². The maximum atomic E-state index is 12.5. The predicted molar refractivity (Wildman–Crippen MR) is 76.5 cm³/mol. The summed E-state index contributed by atoms with van der Waals surface area (Å²) in [6.07, 6.45) is 0. The van der Waals surface area contributed by atoms with Gasteiger partial charge in [-0.15, -0.1) is 0 Å². The van der Waals surface area contributed by atoms with Crippen LogP contribution in [0.2, 0.25) is 5.02 Å². The molecule has 0 aliphatic carbocycles. The number of aliphatic carboxylic acids is 1. The van der Waals surface area contributed by atoms with Gasteiger partial charge in [-0.05, 0) is 26.8 Å². The first-order valence-corrected chi connectivity index (χ1v) is 6.39. The molecule has 8 heteroatoms. The number of carbonyl (C=O) groups is 2. The number of amides is 1. The number of carboxylic acid groups (broad SMARTS) is 1. The molecule has 1 aromatic rings. The molecule has 1 aromatic carbocycles. The van der Waals surface area contributed by atoms with E-state index in [0.29, 0.717) is 0 Å². The van der Waals surface area contributed by atoms with Crippen LogP contribution in [0, 0.1) is 10.1 Å². The third kappa shape index (κ3) is 4.16. The molecule has 0 saturated carbocycles. The molecular weight excluding hydrogens is 300 g/mol. The first-order valence-electron chi connectivity index (χ1n) is 6.01. The molecule has 7 nitrogen and oxygen atoms in total. The second kappa shape index (κ2) is 6.09. The van der Waals surface area contributed by atoms with Crippen LogP contribution < -0.4 is 0 Å². The van der Waals surface area contributed by atoms with Crippen LogP contribution in [-0.4, -0.2) is 38.9 Å². The Kier molecular flexibility index (Phi) is 4.90. The van der Waals surface area contributed by atoms with E-state index in [-0.39, 0.29) is 16.3 Å². The van der Waals surface area contributed by atoms with Crippen LogP contribution in [0.4, 0.5) is 5.69 Å². The molecule has 0 spiro atoms. The smallest absolute Gasteiger partial charge is 0.323 e. The van der Waals surface area contributed by atoms with Gasteiger partial charge in [0.15, 0.2) is 0 Å². The number of benzene rings is 1. The van der Waals surface area contributed by atoms with Gasteiger partial charge in [0, 0.05) is 17.7 Å². The fraction of sp³-hybridized carbons (Fsp3) is 0.385. The van der Waals surface area contributed by atoms with E-state index >= 15 is 0 Å². The standard InChI is InChI=1S/C13H15ClN2O5/c1-13(2,3)15(7-11(17)18)12(19)9-6-8(16(20)21)4-5-10(9)14/h4-6H,7H2,1-3H3,(H,17,18). The molecule has 0 aliphatic rings. The molecule has 0 saturated heterocycles. The van der Waals surface area contributed by atoms with Crippen molar-refractivity contribution in [3.05, 3.63) is 38.9 Å². The fourth-order valence-corrected chi connectivity index (χ4v) is 1.88. The van der Waals surface area contributed by atoms with Crippen LogP contribution in [0.3, 0.4) is 0 Å². The molecule has 0 fully saturated rings. The molecule has 1 amide bonds. The highest BCUT2D eigenvalue weighted by atomic mass is 35.5. The number of hydrogen-bond donors (Lipinski definition) is 1. The minimum atomic E-state index is -1.18. The average Bonchev–Trinajstić information content (AvgIpc) is 2.34. The Morgan fingerprint density at radius 1 is 1.38 bits per heavy atom. The number of nitro groups is 1. The SMILES string of the molecule is CC(C)(C)N(CC(=O)O)C(=O)c1cc([N+](=O)[O-])ccc1Cl. The number of carboxylic acids is 1. The van der Waals surface area contributed by atoms with Gasteiger partial charge in [0.2, 0.25) is 0 Å². The van der Waals surface area contributed by atoms with Gasteiger partial charge in [-0.3, -0.25) is 19.7 Å². The van der Waals surface area contributed by atoms with Gasteiger partial charge in [0.1, 0.15) is 6.54 Å². The van der Waals surface area contributed by atoms with E-state index in [2.05, 4.69) is 0 Å². The highest BCUT2D eigenvalue weighted by Crippen LogP contribution is 2.26. The largest absolute Gasteiger partial charge is 0.480 e. The summed E-state index contributed by atoms with van der Waals surface area (Å²) in [5, 5.41) is 19.7. The first kappa shape index (κ1) is 16.9. The Morgan fingerprint density at radius 2 is 1.95 bits per heavy atom. The van der Waals surface area contributed by atoms with Crippen molar-refractivity contribution in [1.82, 2.24) is 4.90 Å². The predicted octanol–water partition coefficient (Wildman–Crippen LogP) is 2.57. The van der Waals surface area contributed by atoms with Crippen LogP contribution in [0.5, 0.6) is 0 Å². The quantitative estimate of drug-likeness (QED) is 0.680. The molecular formula is C13H15ClN2O5. The van der Waals surface area contributed by atoms with Crippen LogP contribution >= 0.6 is 11.6 Å². The molecule has 1 N–H and O–H groups in total. The van der Waals surface area contributed by atoms with E-state index in [4.69, 9.17) is 16.7 Å². The van der Waals surface area contributed by atoms with Gasteiger partial charge in [0.25, 0.3) is 11.6 Å². The van der Waals surface area contributed by atoms with E-state index in [9.17, 15) is 19.7 Å². The van der Waals surface area contributed by atoms with Crippen molar-refractivity contribution in [3.8, 4) is 0 Å². The summed E-state index contributed by atoms with van der Waals surface area (Å²) in [5.41, 5.74) is -1.15. The van der Waals surface area contributed by atoms with Gasteiger partial charge in [-0.2, -0.15) is 0 Å². The second-order valence-electron chi connectivity index (χ2n) is 5.38. The van der Waals surface area contributed by atoms with E-state index in [1.165, 1.54) is 12.1 Å². The van der Waals surface area contributed by atoms with Crippen LogP contribution in [0.15, 0.2) is 18.2 Å². The van der Waals surface area contributed by atoms with Crippen molar-refractivity contribution in [2.75, 3.05) is 6.54 Å². The minimum absolute atomic E-state index is 0.0326. The molecule has 1 rings (SSSR count). The molecule has 0 heterocycles. The average molecular weight is 315 g/mol. The number of carbonyl (C=O) groups excluding carboxylic acids is 1. The number of halogens is 1. The molecule has 0 radical (unpaired) electrons. The second-order valence-corrected chi connectivity index (χ2v) is 5.78. The molecule has 0 bridgehead atoms. The maximum Gasteiger partial charge on any atom is 0.323 e. The number of non-ortho nitro benzene ring substituents is 1. The Balaban J connectivity index is 3.29. The van der Waals surface area contributed by atoms with E-state index in [0.717, 1.165) is 11.0 Å².